The van der Waals surface area contributed by atoms with Crippen LogP contribution in [0.4, 0.5) is 13.6 Å². The molecule has 0 spiro atoms. The van der Waals surface area contributed by atoms with Crippen molar-refractivity contribution in [2.24, 2.45) is 4.99 Å². The van der Waals surface area contributed by atoms with E-state index in [0.717, 1.165) is 29.7 Å². The number of benzene rings is 1. The molecule has 0 unspecified atom stereocenters. The second-order valence-electron chi connectivity index (χ2n) is 7.81. The minimum Gasteiger partial charge on any atom is -0.444 e. The van der Waals surface area contributed by atoms with Crippen molar-refractivity contribution in [1.82, 2.24) is 4.90 Å². The molecule has 3 rings (SSSR count). The summed E-state index contributed by atoms with van der Waals surface area (Å²) in [5.41, 5.74) is 2.00. The van der Waals surface area contributed by atoms with Gasteiger partial charge >= 0.3 is 12.7 Å². The van der Waals surface area contributed by atoms with Gasteiger partial charge in [0.1, 0.15) is 11.4 Å². The fraction of sp³-hybridized carbons (Fsp3) is 0.500. The number of aliphatic imine (C=N–C) groups is 1. The second-order valence-corrected chi connectivity index (χ2v) is 8.66. The van der Waals surface area contributed by atoms with E-state index < -0.39 is 12.2 Å². The number of alkyl halides is 2. The molecule has 0 N–H and O–H groups in total. The van der Waals surface area contributed by atoms with Gasteiger partial charge < -0.3 is 9.47 Å². The summed E-state index contributed by atoms with van der Waals surface area (Å²) in [5, 5.41) is 0. The van der Waals surface area contributed by atoms with Crippen molar-refractivity contribution >= 4 is 33.3 Å². The number of carbonyl (C=O) groups excluding carboxylic acids is 1. The fourth-order valence-corrected chi connectivity index (χ4v) is 3.71. The summed E-state index contributed by atoms with van der Waals surface area (Å²) >= 11 is 3.22. The average Bonchev–Trinajstić information content (AvgIpc) is 3.23. The van der Waals surface area contributed by atoms with Crippen molar-refractivity contribution in [3.8, 4) is 5.75 Å². The summed E-state index contributed by atoms with van der Waals surface area (Å²) in [5.74, 6) is 0.0816. The van der Waals surface area contributed by atoms with Gasteiger partial charge in [-0.2, -0.15) is 8.78 Å². The first kappa shape index (κ1) is 20.8. The van der Waals surface area contributed by atoms with E-state index in [-0.39, 0.29) is 17.9 Å². The lowest BCUT2D eigenvalue weighted by atomic mass is 9.98. The Morgan fingerprint density at radius 3 is 2.79 bits per heavy atom. The number of allylic oxidation sites excluding steroid dienone is 1. The Bertz CT molecular complexity index is 818. The smallest absolute Gasteiger partial charge is 0.410 e. The molecule has 1 saturated heterocycles. The first-order chi connectivity index (χ1) is 13.1. The number of amides is 1. The molecule has 0 radical (unpaired) electrons. The van der Waals surface area contributed by atoms with Gasteiger partial charge in [-0.1, -0.05) is 6.07 Å². The van der Waals surface area contributed by atoms with Crippen LogP contribution < -0.4 is 4.74 Å². The Morgan fingerprint density at radius 2 is 2.11 bits per heavy atom. The van der Waals surface area contributed by atoms with Gasteiger partial charge in [-0.25, -0.2) is 4.79 Å². The quantitative estimate of drug-likeness (QED) is 0.589. The number of carbonyl (C=O) groups is 1. The SMILES string of the molecule is CC(C)(C)OC(=O)N1CCC[C@H]1C1=NC=C(c2ccc(Br)c(OC(F)F)c2)C1. The Morgan fingerprint density at radius 1 is 1.36 bits per heavy atom. The van der Waals surface area contributed by atoms with Crippen LogP contribution in [0.25, 0.3) is 5.57 Å². The Labute approximate surface area is 171 Å². The normalized spacial score (nSPS) is 19.7. The minimum absolute atomic E-state index is 0.0816. The number of halogens is 3. The third-order valence-corrected chi connectivity index (χ3v) is 5.20. The van der Waals surface area contributed by atoms with Gasteiger partial charge in [0.05, 0.1) is 10.5 Å². The van der Waals surface area contributed by atoms with Crippen molar-refractivity contribution < 1.29 is 23.0 Å². The summed E-state index contributed by atoms with van der Waals surface area (Å²) in [4.78, 5) is 18.8. The van der Waals surface area contributed by atoms with E-state index in [1.165, 1.54) is 0 Å². The number of hydrogen-bond donors (Lipinski definition) is 0. The molecule has 2 aliphatic heterocycles. The van der Waals surface area contributed by atoms with E-state index in [4.69, 9.17) is 4.74 Å². The van der Waals surface area contributed by atoms with Gasteiger partial charge in [-0.15, -0.1) is 0 Å². The van der Waals surface area contributed by atoms with Crippen molar-refractivity contribution in [3.05, 3.63) is 34.4 Å². The van der Waals surface area contributed by atoms with Crippen LogP contribution in [0.5, 0.6) is 5.75 Å². The standard InChI is InChI=1S/C20H23BrF2N2O3/c1-20(2,3)28-19(26)25-8-4-5-16(25)15-9-13(11-24-15)12-6-7-14(21)17(10-12)27-18(22)23/h6-7,10-11,16,18H,4-5,8-9H2,1-3H3/t16-/m0/s1. The molecule has 1 aromatic rings. The first-order valence-electron chi connectivity index (χ1n) is 9.14. The highest BCUT2D eigenvalue weighted by Gasteiger charge is 2.36. The molecule has 2 heterocycles. The largest absolute Gasteiger partial charge is 0.444 e. The van der Waals surface area contributed by atoms with Crippen LogP contribution >= 0.6 is 15.9 Å². The summed E-state index contributed by atoms with van der Waals surface area (Å²) < 4.78 is 35.7. The van der Waals surface area contributed by atoms with E-state index >= 15 is 0 Å². The number of nitrogens with zero attached hydrogens (tertiary/aromatic N) is 2. The maximum atomic E-state index is 12.6. The molecular formula is C20H23BrF2N2O3. The van der Waals surface area contributed by atoms with E-state index in [9.17, 15) is 13.6 Å². The summed E-state index contributed by atoms with van der Waals surface area (Å²) in [7, 11) is 0. The Balaban J connectivity index is 1.70. The maximum Gasteiger partial charge on any atom is 0.410 e. The Kier molecular flexibility index (Phi) is 6.07. The number of likely N-dealkylation sites (tertiary alicyclic amines) is 1. The van der Waals surface area contributed by atoms with Crippen LogP contribution in [-0.4, -0.2) is 41.5 Å². The molecule has 1 amide bonds. The van der Waals surface area contributed by atoms with E-state index in [0.29, 0.717) is 17.4 Å². The fourth-order valence-electron chi connectivity index (χ4n) is 3.37. The molecule has 0 aromatic heterocycles. The van der Waals surface area contributed by atoms with Crippen LogP contribution in [0.2, 0.25) is 0 Å². The molecule has 2 aliphatic rings. The molecule has 0 saturated carbocycles. The van der Waals surface area contributed by atoms with E-state index in [1.54, 1.807) is 23.2 Å². The highest BCUT2D eigenvalue weighted by molar-refractivity contribution is 9.10. The van der Waals surface area contributed by atoms with Crippen LogP contribution in [0.3, 0.4) is 0 Å². The van der Waals surface area contributed by atoms with E-state index in [1.807, 2.05) is 26.8 Å². The third kappa shape index (κ3) is 4.90. The lowest BCUT2D eigenvalue weighted by molar-refractivity contribution is -0.0503. The maximum absolute atomic E-state index is 12.6. The zero-order valence-corrected chi connectivity index (χ0v) is 17.6. The molecule has 8 heteroatoms. The first-order valence-corrected chi connectivity index (χ1v) is 9.93. The van der Waals surface area contributed by atoms with Gasteiger partial charge in [0.15, 0.2) is 0 Å². The van der Waals surface area contributed by atoms with Crippen molar-refractivity contribution in [2.45, 2.75) is 58.3 Å². The average molecular weight is 457 g/mol. The van der Waals surface area contributed by atoms with Gasteiger partial charge in [0, 0.05) is 24.9 Å². The topological polar surface area (TPSA) is 51.1 Å². The van der Waals surface area contributed by atoms with Crippen LogP contribution in [-0.2, 0) is 4.74 Å². The number of ether oxygens (including phenoxy) is 2. The molecule has 1 aromatic carbocycles. The monoisotopic (exact) mass is 456 g/mol. The zero-order chi connectivity index (χ0) is 20.5. The molecule has 152 valence electrons. The Hall–Kier alpha value is -1.96. The molecule has 5 nitrogen and oxygen atoms in total. The van der Waals surface area contributed by atoms with Gasteiger partial charge in [-0.05, 0) is 72.8 Å². The molecule has 28 heavy (non-hydrogen) atoms. The van der Waals surface area contributed by atoms with Gasteiger partial charge in [-0.3, -0.25) is 9.89 Å². The predicted octanol–water partition coefficient (Wildman–Crippen LogP) is 5.64. The van der Waals surface area contributed by atoms with E-state index in [2.05, 4.69) is 25.7 Å². The minimum atomic E-state index is -2.89. The number of hydrogen-bond acceptors (Lipinski definition) is 4. The summed E-state index contributed by atoms with van der Waals surface area (Å²) in [6, 6.07) is 4.97. The van der Waals surface area contributed by atoms with Crippen molar-refractivity contribution in [1.29, 1.82) is 0 Å². The lowest BCUT2D eigenvalue weighted by Crippen LogP contribution is -2.43. The highest BCUT2D eigenvalue weighted by Crippen LogP contribution is 2.34. The summed E-state index contributed by atoms with van der Waals surface area (Å²) in [6.07, 6.45) is 3.68. The van der Waals surface area contributed by atoms with Gasteiger partial charge in [0.25, 0.3) is 0 Å². The van der Waals surface area contributed by atoms with Crippen LogP contribution in [0.15, 0.2) is 33.9 Å². The van der Waals surface area contributed by atoms with Crippen molar-refractivity contribution in [2.75, 3.05) is 6.54 Å². The van der Waals surface area contributed by atoms with Crippen LogP contribution in [0, 0.1) is 0 Å². The molecular weight excluding hydrogens is 434 g/mol. The number of rotatable bonds is 4. The molecule has 0 aliphatic carbocycles. The molecule has 1 atom stereocenters. The molecule has 1 fully saturated rings. The highest BCUT2D eigenvalue weighted by atomic mass is 79.9. The molecule has 0 bridgehead atoms. The second kappa shape index (κ2) is 8.19. The third-order valence-electron chi connectivity index (χ3n) is 4.54. The summed E-state index contributed by atoms with van der Waals surface area (Å²) in [6.45, 7) is 3.27. The lowest BCUT2D eigenvalue weighted by Gasteiger charge is -2.28. The van der Waals surface area contributed by atoms with Gasteiger partial charge in [0.2, 0.25) is 0 Å². The predicted molar refractivity (Wildman–Crippen MR) is 107 cm³/mol. The zero-order valence-electron chi connectivity index (χ0n) is 16.0. The van der Waals surface area contributed by atoms with Crippen molar-refractivity contribution in [3.63, 3.8) is 0 Å². The van der Waals surface area contributed by atoms with Crippen LogP contribution in [0.1, 0.15) is 45.6 Å².